The Morgan fingerprint density at radius 3 is 1.35 bits per heavy atom. The molecule has 0 bridgehead atoms. The first kappa shape index (κ1) is 22.6. The largest absolute Gasteiger partial charge is 0.306 e. The molecule has 0 N–H and O–H groups in total. The maximum absolute atomic E-state index is 4.82. The SMILES string of the molecule is Cc1ccc2c(c1)c1ccncc1n2-c1ccc(-c2ccc(-n3c4ccc(C)cc4c4ccncc43)cn2)nc1. The number of rotatable bonds is 3. The zero-order chi connectivity index (χ0) is 26.8. The van der Waals surface area contributed by atoms with Crippen molar-refractivity contribution in [2.45, 2.75) is 13.8 Å². The van der Waals surface area contributed by atoms with Crippen LogP contribution in [-0.4, -0.2) is 29.1 Å². The number of benzene rings is 2. The third-order valence-corrected chi connectivity index (χ3v) is 7.72. The molecule has 0 amide bonds. The van der Waals surface area contributed by atoms with E-state index in [1.807, 2.05) is 49.3 Å². The van der Waals surface area contributed by atoms with E-state index in [0.717, 1.165) is 44.8 Å². The van der Waals surface area contributed by atoms with E-state index in [1.165, 1.54) is 32.7 Å². The number of aromatic nitrogens is 6. The van der Waals surface area contributed by atoms with E-state index in [-0.39, 0.29) is 0 Å². The molecule has 190 valence electrons. The Morgan fingerprint density at radius 2 is 0.925 bits per heavy atom. The average Bonchev–Trinajstić information content (AvgIpc) is 3.50. The van der Waals surface area contributed by atoms with Gasteiger partial charge in [0, 0.05) is 33.9 Å². The highest BCUT2D eigenvalue weighted by atomic mass is 15.0. The number of pyridine rings is 4. The minimum absolute atomic E-state index is 0.824. The smallest absolute Gasteiger partial charge is 0.0887 e. The van der Waals surface area contributed by atoms with E-state index < -0.39 is 0 Å². The third kappa shape index (κ3) is 3.36. The van der Waals surface area contributed by atoms with Gasteiger partial charge in [-0.3, -0.25) is 19.9 Å². The molecule has 0 fully saturated rings. The van der Waals surface area contributed by atoms with Gasteiger partial charge in [0.05, 0.1) is 69.6 Å². The second-order valence-electron chi connectivity index (χ2n) is 10.3. The molecular formula is C34H24N6. The number of hydrogen-bond donors (Lipinski definition) is 0. The zero-order valence-corrected chi connectivity index (χ0v) is 22.1. The minimum atomic E-state index is 0.824. The molecule has 0 radical (unpaired) electrons. The van der Waals surface area contributed by atoms with Gasteiger partial charge in [0.15, 0.2) is 0 Å². The van der Waals surface area contributed by atoms with E-state index in [1.54, 1.807) is 0 Å². The molecular weight excluding hydrogens is 492 g/mol. The van der Waals surface area contributed by atoms with Crippen LogP contribution in [-0.2, 0) is 0 Å². The van der Waals surface area contributed by atoms with Crippen molar-refractivity contribution >= 4 is 43.6 Å². The summed E-state index contributed by atoms with van der Waals surface area (Å²) < 4.78 is 4.45. The highest BCUT2D eigenvalue weighted by molar-refractivity contribution is 6.10. The van der Waals surface area contributed by atoms with Crippen molar-refractivity contribution in [3.05, 3.63) is 121 Å². The molecule has 6 aromatic heterocycles. The van der Waals surface area contributed by atoms with Crippen LogP contribution in [0.4, 0.5) is 0 Å². The Balaban J connectivity index is 1.19. The van der Waals surface area contributed by atoms with Crippen molar-refractivity contribution < 1.29 is 0 Å². The van der Waals surface area contributed by atoms with Gasteiger partial charge in [-0.05, 0) is 74.5 Å². The second-order valence-corrected chi connectivity index (χ2v) is 10.3. The first-order valence-corrected chi connectivity index (χ1v) is 13.3. The summed E-state index contributed by atoms with van der Waals surface area (Å²) in [5.74, 6) is 0. The van der Waals surface area contributed by atoms with Crippen molar-refractivity contribution in [2.75, 3.05) is 0 Å². The average molecular weight is 517 g/mol. The number of hydrogen-bond acceptors (Lipinski definition) is 4. The fraction of sp³-hybridized carbons (Fsp3) is 0.0588. The molecule has 0 unspecified atom stereocenters. The predicted octanol–water partition coefficient (Wildman–Crippen LogP) is 7.74. The lowest BCUT2D eigenvalue weighted by Gasteiger charge is -2.10. The summed E-state index contributed by atoms with van der Waals surface area (Å²) in [5, 5.41) is 4.80. The molecule has 6 heteroatoms. The van der Waals surface area contributed by atoms with Gasteiger partial charge in [-0.25, -0.2) is 0 Å². The maximum Gasteiger partial charge on any atom is 0.0887 e. The molecule has 0 aliphatic heterocycles. The topological polar surface area (TPSA) is 61.4 Å². The van der Waals surface area contributed by atoms with E-state index in [4.69, 9.17) is 9.97 Å². The van der Waals surface area contributed by atoms with Crippen molar-refractivity contribution in [3.63, 3.8) is 0 Å². The van der Waals surface area contributed by atoms with Crippen LogP contribution < -0.4 is 0 Å². The molecule has 0 atom stereocenters. The monoisotopic (exact) mass is 516 g/mol. The highest BCUT2D eigenvalue weighted by Gasteiger charge is 2.15. The Morgan fingerprint density at radius 1 is 0.450 bits per heavy atom. The summed E-state index contributed by atoms with van der Waals surface area (Å²) in [4.78, 5) is 18.4. The summed E-state index contributed by atoms with van der Waals surface area (Å²) >= 11 is 0. The van der Waals surface area contributed by atoms with Gasteiger partial charge in [-0.2, -0.15) is 0 Å². The van der Waals surface area contributed by atoms with E-state index in [0.29, 0.717) is 0 Å². The number of fused-ring (bicyclic) bond motifs is 6. The van der Waals surface area contributed by atoms with Crippen LogP contribution in [0.1, 0.15) is 11.1 Å². The van der Waals surface area contributed by atoms with Crippen LogP contribution in [0.3, 0.4) is 0 Å². The molecule has 40 heavy (non-hydrogen) atoms. The van der Waals surface area contributed by atoms with E-state index in [9.17, 15) is 0 Å². The van der Waals surface area contributed by atoms with Crippen LogP contribution in [0.25, 0.3) is 66.4 Å². The lowest BCUT2D eigenvalue weighted by molar-refractivity contribution is 1.11. The molecule has 0 aliphatic carbocycles. The van der Waals surface area contributed by atoms with Gasteiger partial charge in [0.25, 0.3) is 0 Å². The Kier molecular flexibility index (Phi) is 4.85. The van der Waals surface area contributed by atoms with Crippen LogP contribution in [0, 0.1) is 13.8 Å². The minimum Gasteiger partial charge on any atom is -0.306 e. The lowest BCUT2D eigenvalue weighted by Crippen LogP contribution is -1.98. The normalized spacial score (nSPS) is 11.8. The molecule has 6 nitrogen and oxygen atoms in total. The number of aryl methyl sites for hydroxylation is 2. The molecule has 6 heterocycles. The summed E-state index contributed by atoms with van der Waals surface area (Å²) in [6, 6.07) is 25.5. The fourth-order valence-corrected chi connectivity index (χ4v) is 5.86. The van der Waals surface area contributed by atoms with Gasteiger partial charge in [0.1, 0.15) is 0 Å². The Bertz CT molecular complexity index is 2060. The quantitative estimate of drug-likeness (QED) is 0.241. The lowest BCUT2D eigenvalue weighted by atomic mass is 10.1. The molecule has 8 aromatic rings. The first-order valence-electron chi connectivity index (χ1n) is 13.3. The predicted molar refractivity (Wildman–Crippen MR) is 161 cm³/mol. The van der Waals surface area contributed by atoms with Crippen LogP contribution >= 0.6 is 0 Å². The first-order chi connectivity index (χ1) is 19.7. The second kappa shape index (κ2) is 8.58. The highest BCUT2D eigenvalue weighted by Crippen LogP contribution is 2.34. The summed E-state index contributed by atoms with van der Waals surface area (Å²) in [6.45, 7) is 4.25. The molecule has 0 spiro atoms. The Labute approximate surface area is 230 Å². The van der Waals surface area contributed by atoms with Crippen molar-refractivity contribution in [3.8, 4) is 22.8 Å². The standard InChI is InChI=1S/C34H24N6/c1-21-3-9-31-27(15-21)25-11-13-35-19-33(25)39(31)23-5-7-29(37-17-23)30-8-6-24(18-38-30)40-32-10-4-22(2)16-28(32)26-12-14-36-20-34(26)40/h3-20H,1-2H3. The number of nitrogens with zero attached hydrogens (tertiary/aromatic N) is 6. The summed E-state index contributed by atoms with van der Waals surface area (Å²) in [5.41, 5.74) is 10.5. The Hall–Kier alpha value is -5.36. The van der Waals surface area contributed by atoms with Gasteiger partial charge in [-0.1, -0.05) is 23.3 Å². The third-order valence-electron chi connectivity index (χ3n) is 7.72. The molecule has 8 rings (SSSR count). The van der Waals surface area contributed by atoms with E-state index in [2.05, 4.69) is 93.6 Å². The summed E-state index contributed by atoms with van der Waals surface area (Å²) in [7, 11) is 0. The fourth-order valence-electron chi connectivity index (χ4n) is 5.86. The zero-order valence-electron chi connectivity index (χ0n) is 22.1. The van der Waals surface area contributed by atoms with Crippen molar-refractivity contribution in [1.82, 2.24) is 29.1 Å². The van der Waals surface area contributed by atoms with E-state index >= 15 is 0 Å². The molecule has 0 saturated heterocycles. The van der Waals surface area contributed by atoms with Gasteiger partial charge in [0.2, 0.25) is 0 Å². The van der Waals surface area contributed by atoms with Crippen LogP contribution in [0.2, 0.25) is 0 Å². The van der Waals surface area contributed by atoms with Crippen molar-refractivity contribution in [2.24, 2.45) is 0 Å². The molecule has 0 aliphatic rings. The van der Waals surface area contributed by atoms with Crippen molar-refractivity contribution in [1.29, 1.82) is 0 Å². The van der Waals surface area contributed by atoms with Crippen LogP contribution in [0.5, 0.6) is 0 Å². The van der Waals surface area contributed by atoms with Crippen LogP contribution in [0.15, 0.2) is 110 Å². The van der Waals surface area contributed by atoms with Gasteiger partial charge in [-0.15, -0.1) is 0 Å². The molecule has 2 aromatic carbocycles. The summed E-state index contributed by atoms with van der Waals surface area (Å²) in [6.07, 6.45) is 11.4. The molecule has 0 saturated carbocycles. The maximum atomic E-state index is 4.82. The van der Waals surface area contributed by atoms with Gasteiger partial charge >= 0.3 is 0 Å². The van der Waals surface area contributed by atoms with Gasteiger partial charge < -0.3 is 9.13 Å².